The maximum atomic E-state index is 12.4. The van der Waals surface area contributed by atoms with Crippen LogP contribution in [0.3, 0.4) is 0 Å². The summed E-state index contributed by atoms with van der Waals surface area (Å²) in [6, 6.07) is 11.5. The van der Waals surface area contributed by atoms with Crippen molar-refractivity contribution in [2.75, 3.05) is 19.7 Å². The van der Waals surface area contributed by atoms with Gasteiger partial charge in [-0.05, 0) is 30.4 Å². The second-order valence-electron chi connectivity index (χ2n) is 6.62. The van der Waals surface area contributed by atoms with Crippen LogP contribution in [0.5, 0.6) is 5.75 Å². The molecule has 4 heteroatoms. The summed E-state index contributed by atoms with van der Waals surface area (Å²) in [5.74, 6) is 1.87. The smallest absolute Gasteiger partial charge is 0.260 e. The second kappa shape index (κ2) is 6.79. The van der Waals surface area contributed by atoms with Gasteiger partial charge >= 0.3 is 0 Å². The van der Waals surface area contributed by atoms with Crippen molar-refractivity contribution in [3.05, 3.63) is 41.4 Å². The van der Waals surface area contributed by atoms with Crippen molar-refractivity contribution in [1.29, 1.82) is 0 Å². The maximum absolute atomic E-state index is 12.4. The Morgan fingerprint density at radius 1 is 1.13 bits per heavy atom. The Balaban J connectivity index is 1.71. The standard InChI is InChI=1S/C19H22ClNO2/c1-13-9-14(2)11-21(10-13)19(22)12-23-18-8-7-17(20)15-5-3-4-6-16(15)18/h3-8,13-14H,9-12H2,1-2H3. The molecule has 1 aliphatic rings. The van der Waals surface area contributed by atoms with Gasteiger partial charge in [-0.3, -0.25) is 4.79 Å². The fraction of sp³-hybridized carbons (Fsp3) is 0.421. The summed E-state index contributed by atoms with van der Waals surface area (Å²) in [4.78, 5) is 14.4. The van der Waals surface area contributed by atoms with Gasteiger partial charge in [0, 0.05) is 28.9 Å². The summed E-state index contributed by atoms with van der Waals surface area (Å²) in [6.45, 7) is 6.12. The van der Waals surface area contributed by atoms with E-state index in [4.69, 9.17) is 16.3 Å². The molecule has 2 aromatic rings. The van der Waals surface area contributed by atoms with E-state index in [-0.39, 0.29) is 12.5 Å². The van der Waals surface area contributed by atoms with Crippen molar-refractivity contribution in [1.82, 2.24) is 4.90 Å². The highest BCUT2D eigenvalue weighted by Gasteiger charge is 2.25. The molecule has 0 radical (unpaired) electrons. The molecule has 0 bridgehead atoms. The van der Waals surface area contributed by atoms with Gasteiger partial charge in [0.2, 0.25) is 0 Å². The highest BCUT2D eigenvalue weighted by atomic mass is 35.5. The van der Waals surface area contributed by atoms with Crippen molar-refractivity contribution < 1.29 is 9.53 Å². The van der Waals surface area contributed by atoms with Crippen molar-refractivity contribution >= 4 is 28.3 Å². The Bertz CT molecular complexity index is 706. The molecule has 0 spiro atoms. The molecular weight excluding hydrogens is 310 g/mol. The number of likely N-dealkylation sites (tertiary alicyclic amines) is 1. The van der Waals surface area contributed by atoms with Crippen LogP contribution in [0.1, 0.15) is 20.3 Å². The molecule has 0 aromatic heterocycles. The van der Waals surface area contributed by atoms with Gasteiger partial charge < -0.3 is 9.64 Å². The van der Waals surface area contributed by atoms with Gasteiger partial charge in [-0.1, -0.05) is 49.7 Å². The summed E-state index contributed by atoms with van der Waals surface area (Å²) in [6.07, 6.45) is 1.19. The summed E-state index contributed by atoms with van der Waals surface area (Å²) < 4.78 is 5.81. The Kier molecular flexibility index (Phi) is 4.76. The molecule has 2 unspecified atom stereocenters. The first-order valence-electron chi connectivity index (χ1n) is 8.12. The third-order valence-electron chi connectivity index (χ3n) is 4.40. The van der Waals surface area contributed by atoms with Crippen LogP contribution in [0, 0.1) is 11.8 Å². The van der Waals surface area contributed by atoms with Crippen LogP contribution < -0.4 is 4.74 Å². The molecule has 0 aliphatic carbocycles. The van der Waals surface area contributed by atoms with E-state index in [1.54, 1.807) is 0 Å². The molecule has 1 aliphatic heterocycles. The van der Waals surface area contributed by atoms with E-state index in [0.717, 1.165) is 23.9 Å². The molecule has 3 nitrogen and oxygen atoms in total. The van der Waals surface area contributed by atoms with Crippen LogP contribution in [-0.4, -0.2) is 30.5 Å². The zero-order chi connectivity index (χ0) is 16.4. The SMILES string of the molecule is CC1CC(C)CN(C(=O)COc2ccc(Cl)c3ccccc23)C1. The first-order chi connectivity index (χ1) is 11.0. The quantitative estimate of drug-likeness (QED) is 0.835. The average molecular weight is 332 g/mol. The molecule has 2 aromatic carbocycles. The van der Waals surface area contributed by atoms with Crippen LogP contribution in [0.15, 0.2) is 36.4 Å². The lowest BCUT2D eigenvalue weighted by Crippen LogP contribution is -2.44. The Labute approximate surface area is 142 Å². The van der Waals surface area contributed by atoms with E-state index >= 15 is 0 Å². The minimum absolute atomic E-state index is 0.0578. The topological polar surface area (TPSA) is 29.5 Å². The summed E-state index contributed by atoms with van der Waals surface area (Å²) >= 11 is 6.21. The number of amides is 1. The number of hydrogen-bond donors (Lipinski definition) is 0. The van der Waals surface area contributed by atoms with Gasteiger partial charge in [0.05, 0.1) is 0 Å². The number of carbonyl (C=O) groups excluding carboxylic acids is 1. The molecule has 2 atom stereocenters. The van der Waals surface area contributed by atoms with E-state index in [1.807, 2.05) is 41.3 Å². The number of ether oxygens (including phenoxy) is 1. The average Bonchev–Trinajstić information content (AvgIpc) is 2.53. The molecule has 23 heavy (non-hydrogen) atoms. The number of halogens is 1. The number of fused-ring (bicyclic) bond motifs is 1. The monoisotopic (exact) mass is 331 g/mol. The van der Waals surface area contributed by atoms with Gasteiger partial charge in [0.25, 0.3) is 5.91 Å². The molecule has 0 N–H and O–H groups in total. The van der Waals surface area contributed by atoms with Gasteiger partial charge in [-0.2, -0.15) is 0 Å². The van der Waals surface area contributed by atoms with Gasteiger partial charge in [0.1, 0.15) is 5.75 Å². The van der Waals surface area contributed by atoms with Crippen LogP contribution >= 0.6 is 11.6 Å². The van der Waals surface area contributed by atoms with Crippen molar-refractivity contribution in [3.63, 3.8) is 0 Å². The van der Waals surface area contributed by atoms with Crippen LogP contribution in [-0.2, 0) is 4.79 Å². The molecular formula is C19H22ClNO2. The lowest BCUT2D eigenvalue weighted by atomic mass is 9.92. The highest BCUT2D eigenvalue weighted by Crippen LogP contribution is 2.31. The van der Waals surface area contributed by atoms with Gasteiger partial charge in [-0.25, -0.2) is 0 Å². The van der Waals surface area contributed by atoms with Gasteiger partial charge in [-0.15, -0.1) is 0 Å². The van der Waals surface area contributed by atoms with Crippen LogP contribution in [0.25, 0.3) is 10.8 Å². The Hall–Kier alpha value is -1.74. The van der Waals surface area contributed by atoms with Crippen molar-refractivity contribution in [3.8, 4) is 5.75 Å². The molecule has 1 saturated heterocycles. The third-order valence-corrected chi connectivity index (χ3v) is 4.73. The van der Waals surface area contributed by atoms with Crippen molar-refractivity contribution in [2.45, 2.75) is 20.3 Å². The molecule has 1 amide bonds. The molecule has 1 heterocycles. The lowest BCUT2D eigenvalue weighted by molar-refractivity contribution is -0.136. The molecule has 3 rings (SSSR count). The summed E-state index contributed by atoms with van der Waals surface area (Å²) in [7, 11) is 0. The summed E-state index contributed by atoms with van der Waals surface area (Å²) in [5, 5.41) is 2.57. The Morgan fingerprint density at radius 2 is 1.78 bits per heavy atom. The molecule has 0 saturated carbocycles. The number of rotatable bonds is 3. The van der Waals surface area contributed by atoms with Gasteiger partial charge in [0.15, 0.2) is 6.61 Å². The first-order valence-corrected chi connectivity index (χ1v) is 8.50. The number of hydrogen-bond acceptors (Lipinski definition) is 2. The minimum Gasteiger partial charge on any atom is -0.483 e. The minimum atomic E-state index is 0.0578. The number of nitrogens with zero attached hydrogens (tertiary/aromatic N) is 1. The van der Waals surface area contributed by atoms with Crippen molar-refractivity contribution in [2.24, 2.45) is 11.8 Å². The summed E-state index contributed by atoms with van der Waals surface area (Å²) in [5.41, 5.74) is 0. The predicted octanol–water partition coefficient (Wildman–Crippen LogP) is 4.38. The largest absolute Gasteiger partial charge is 0.483 e. The number of piperidine rings is 1. The maximum Gasteiger partial charge on any atom is 0.260 e. The zero-order valence-corrected chi connectivity index (χ0v) is 14.3. The lowest BCUT2D eigenvalue weighted by Gasteiger charge is -2.34. The third kappa shape index (κ3) is 3.61. The predicted molar refractivity (Wildman–Crippen MR) is 94.0 cm³/mol. The van der Waals surface area contributed by atoms with Crippen LogP contribution in [0.4, 0.5) is 0 Å². The van der Waals surface area contributed by atoms with Crippen LogP contribution in [0.2, 0.25) is 5.02 Å². The fourth-order valence-electron chi connectivity index (χ4n) is 3.46. The van der Waals surface area contributed by atoms with E-state index < -0.39 is 0 Å². The second-order valence-corrected chi connectivity index (χ2v) is 7.03. The highest BCUT2D eigenvalue weighted by molar-refractivity contribution is 6.35. The first kappa shape index (κ1) is 16.1. The van der Waals surface area contributed by atoms with E-state index in [9.17, 15) is 4.79 Å². The number of carbonyl (C=O) groups is 1. The molecule has 122 valence electrons. The Morgan fingerprint density at radius 3 is 2.48 bits per heavy atom. The zero-order valence-electron chi connectivity index (χ0n) is 13.6. The van der Waals surface area contributed by atoms with E-state index in [1.165, 1.54) is 6.42 Å². The normalized spacial score (nSPS) is 21.4. The fourth-order valence-corrected chi connectivity index (χ4v) is 3.69. The van der Waals surface area contributed by atoms with E-state index in [2.05, 4.69) is 13.8 Å². The van der Waals surface area contributed by atoms with E-state index in [0.29, 0.717) is 22.6 Å². The molecule has 1 fully saturated rings. The number of benzene rings is 2.